The summed E-state index contributed by atoms with van der Waals surface area (Å²) in [5.41, 5.74) is 4.46. The number of rotatable bonds is 8. The Balaban J connectivity index is 1.75. The van der Waals surface area contributed by atoms with Crippen LogP contribution in [0.5, 0.6) is 5.75 Å². The average molecular weight is 551 g/mol. The summed E-state index contributed by atoms with van der Waals surface area (Å²) in [5.74, 6) is 1.70. The van der Waals surface area contributed by atoms with Crippen LogP contribution in [0, 0.1) is 12.0 Å². The third kappa shape index (κ3) is 5.85. The molecular formula is C34H30O7. The van der Waals surface area contributed by atoms with E-state index in [-0.39, 0.29) is 16.5 Å². The fourth-order valence-corrected chi connectivity index (χ4v) is 4.92. The van der Waals surface area contributed by atoms with Gasteiger partial charge in [-0.3, -0.25) is 9.78 Å². The molecule has 0 saturated heterocycles. The van der Waals surface area contributed by atoms with E-state index in [2.05, 4.69) is 66.8 Å². The molecule has 208 valence electrons. The van der Waals surface area contributed by atoms with Crippen molar-refractivity contribution in [3.8, 4) is 17.8 Å². The first-order chi connectivity index (χ1) is 19.6. The van der Waals surface area contributed by atoms with E-state index in [4.69, 9.17) is 15.3 Å². The van der Waals surface area contributed by atoms with Crippen LogP contribution in [0.2, 0.25) is 0 Å². The molecule has 0 bridgehead atoms. The van der Waals surface area contributed by atoms with E-state index in [0.717, 1.165) is 27.8 Å². The van der Waals surface area contributed by atoms with Crippen LogP contribution >= 0.6 is 0 Å². The van der Waals surface area contributed by atoms with Gasteiger partial charge in [0, 0.05) is 17.8 Å². The molecule has 2 N–H and O–H groups in total. The smallest absolute Gasteiger partial charge is 0.372 e. The third-order valence-corrected chi connectivity index (χ3v) is 7.59. The summed E-state index contributed by atoms with van der Waals surface area (Å²) in [4.78, 5) is 31.2. The first kappa shape index (κ1) is 29.1. The zero-order valence-electron chi connectivity index (χ0n) is 23.2. The minimum atomic E-state index is -0.829. The Morgan fingerprint density at radius 3 is 1.32 bits per heavy atom. The maximum absolute atomic E-state index is 11.8. The van der Waals surface area contributed by atoms with Crippen LogP contribution in [0.25, 0.3) is 0 Å². The van der Waals surface area contributed by atoms with Gasteiger partial charge in [-0.15, -0.1) is 0 Å². The number of carbonyl (C=O) groups is 2. The lowest BCUT2D eigenvalue weighted by Gasteiger charge is -2.33. The fraction of sp³-hybridized carbons (Fsp3) is 0.176. The lowest BCUT2D eigenvalue weighted by molar-refractivity contribution is -0.182. The Kier molecular flexibility index (Phi) is 8.58. The van der Waals surface area contributed by atoms with Gasteiger partial charge in [-0.25, -0.2) is 9.59 Å². The molecule has 0 aromatic heterocycles. The van der Waals surface area contributed by atoms with Gasteiger partial charge in [0.2, 0.25) is 0 Å². The molecule has 0 fully saturated rings. The monoisotopic (exact) mass is 550 g/mol. The number of hydrogen-bond donors (Lipinski definition) is 2. The summed E-state index contributed by atoms with van der Waals surface area (Å²) < 4.78 is 5.44. The normalized spacial score (nSPS) is 12.3. The standard InChI is InChI=1S/C34H30O7/c1-5-22-39-30-20-18-29(19-21-30)34(4,27-12-8-24(9-13-27)32(36)41-38)28-16-14-26(15-17-28)33(2,3)25-10-6-23(7-11-25)31(35)40-37/h6-21,37-38H,1-4H3. The van der Waals surface area contributed by atoms with Gasteiger partial charge in [-0.05, 0) is 71.1 Å². The van der Waals surface area contributed by atoms with Crippen molar-refractivity contribution in [2.45, 2.75) is 38.5 Å². The van der Waals surface area contributed by atoms with Crippen molar-refractivity contribution in [3.63, 3.8) is 0 Å². The summed E-state index contributed by atoms with van der Waals surface area (Å²) in [6.45, 7) is 8.00. The fourth-order valence-electron chi connectivity index (χ4n) is 4.92. The van der Waals surface area contributed by atoms with Gasteiger partial charge in [0.1, 0.15) is 11.9 Å². The highest BCUT2D eigenvalue weighted by molar-refractivity contribution is 5.89. The van der Waals surface area contributed by atoms with Crippen molar-refractivity contribution in [3.05, 3.63) is 136 Å². The Morgan fingerprint density at radius 1 is 0.585 bits per heavy atom. The number of hydrogen-bond acceptors (Lipinski definition) is 7. The van der Waals surface area contributed by atoms with Gasteiger partial charge in [-0.1, -0.05) is 80.4 Å². The van der Waals surface area contributed by atoms with Gasteiger partial charge in [0.15, 0.2) is 0 Å². The molecule has 0 radical (unpaired) electrons. The predicted molar refractivity (Wildman–Crippen MR) is 154 cm³/mol. The van der Waals surface area contributed by atoms with Gasteiger partial charge >= 0.3 is 11.9 Å². The molecule has 0 saturated carbocycles. The second kappa shape index (κ2) is 12.1. The molecule has 1 atom stereocenters. The SMILES string of the molecule is CC#COc1ccc(C(C)(c2ccc(C(=O)OO)cc2)c2ccc(C(C)(C)c3ccc(C(=O)OO)cc3)cc2)cc1. The van der Waals surface area contributed by atoms with Gasteiger partial charge in [0.25, 0.3) is 0 Å². The third-order valence-electron chi connectivity index (χ3n) is 7.59. The van der Waals surface area contributed by atoms with Crippen molar-refractivity contribution in [2.75, 3.05) is 0 Å². The van der Waals surface area contributed by atoms with Crippen LogP contribution in [0.15, 0.2) is 97.1 Å². The van der Waals surface area contributed by atoms with E-state index in [0.29, 0.717) is 5.75 Å². The Hall–Kier alpha value is -4.90. The highest BCUT2D eigenvalue weighted by atomic mass is 17.1. The van der Waals surface area contributed by atoms with E-state index < -0.39 is 17.4 Å². The Morgan fingerprint density at radius 2 is 0.927 bits per heavy atom. The van der Waals surface area contributed by atoms with Gasteiger partial charge < -0.3 is 4.74 Å². The lowest BCUT2D eigenvalue weighted by Crippen LogP contribution is -2.26. The number of carbonyl (C=O) groups excluding carboxylic acids is 2. The summed E-state index contributed by atoms with van der Waals surface area (Å²) in [6, 6.07) is 29.9. The van der Waals surface area contributed by atoms with Crippen LogP contribution in [0.4, 0.5) is 0 Å². The zero-order valence-corrected chi connectivity index (χ0v) is 23.2. The topological polar surface area (TPSA) is 102 Å². The second-order valence-electron chi connectivity index (χ2n) is 10.2. The van der Waals surface area contributed by atoms with E-state index in [1.54, 1.807) is 31.2 Å². The van der Waals surface area contributed by atoms with Crippen molar-refractivity contribution >= 4 is 11.9 Å². The molecule has 0 amide bonds. The van der Waals surface area contributed by atoms with E-state index in [1.165, 1.54) is 0 Å². The molecule has 0 aliphatic carbocycles. The molecule has 0 spiro atoms. The van der Waals surface area contributed by atoms with Crippen LogP contribution in [-0.4, -0.2) is 22.5 Å². The molecule has 4 aromatic carbocycles. The van der Waals surface area contributed by atoms with Crippen LogP contribution in [-0.2, 0) is 20.6 Å². The van der Waals surface area contributed by atoms with Crippen molar-refractivity contribution in [1.82, 2.24) is 0 Å². The van der Waals surface area contributed by atoms with Crippen molar-refractivity contribution in [1.29, 1.82) is 0 Å². The van der Waals surface area contributed by atoms with E-state index in [9.17, 15) is 9.59 Å². The Labute approximate surface area is 238 Å². The number of ether oxygens (including phenoxy) is 1. The molecule has 0 aliphatic heterocycles. The number of benzene rings is 4. The molecule has 0 aliphatic rings. The molecule has 4 aromatic rings. The quantitative estimate of drug-likeness (QED) is 0.106. The first-order valence-electron chi connectivity index (χ1n) is 12.9. The maximum atomic E-state index is 11.8. The van der Waals surface area contributed by atoms with Gasteiger partial charge in [-0.2, -0.15) is 10.5 Å². The van der Waals surface area contributed by atoms with E-state index >= 15 is 0 Å². The molecule has 4 rings (SSSR count). The highest BCUT2D eigenvalue weighted by Gasteiger charge is 2.32. The second-order valence-corrected chi connectivity index (χ2v) is 10.2. The largest absolute Gasteiger partial charge is 0.408 e. The summed E-state index contributed by atoms with van der Waals surface area (Å²) in [7, 11) is 0. The van der Waals surface area contributed by atoms with Gasteiger partial charge in [0.05, 0.1) is 11.1 Å². The molecule has 7 heteroatoms. The summed E-state index contributed by atoms with van der Waals surface area (Å²) in [6.07, 6.45) is 2.61. The minimum Gasteiger partial charge on any atom is -0.408 e. The maximum Gasteiger partial charge on any atom is 0.372 e. The van der Waals surface area contributed by atoms with E-state index in [1.807, 2.05) is 48.5 Å². The molecule has 0 heterocycles. The van der Waals surface area contributed by atoms with Crippen LogP contribution in [0.3, 0.4) is 0 Å². The van der Waals surface area contributed by atoms with Crippen LogP contribution in [0.1, 0.15) is 76.2 Å². The van der Waals surface area contributed by atoms with Crippen molar-refractivity contribution in [2.24, 2.45) is 0 Å². The van der Waals surface area contributed by atoms with Crippen molar-refractivity contribution < 1.29 is 34.6 Å². The van der Waals surface area contributed by atoms with Crippen LogP contribution < -0.4 is 4.74 Å². The predicted octanol–water partition coefficient (Wildman–Crippen LogP) is 6.99. The minimum absolute atomic E-state index is 0.232. The first-order valence-corrected chi connectivity index (χ1v) is 12.9. The summed E-state index contributed by atoms with van der Waals surface area (Å²) >= 11 is 0. The molecule has 7 nitrogen and oxygen atoms in total. The Bertz CT molecular complexity index is 1580. The molecule has 41 heavy (non-hydrogen) atoms. The lowest BCUT2D eigenvalue weighted by atomic mass is 9.70. The zero-order chi connectivity index (χ0) is 29.6. The average Bonchev–Trinajstić information content (AvgIpc) is 3.03. The molecule has 1 unspecified atom stereocenters. The molecular weight excluding hydrogens is 520 g/mol. The highest BCUT2D eigenvalue weighted by Crippen LogP contribution is 2.41. The summed E-state index contributed by atoms with van der Waals surface area (Å²) in [5, 5.41) is 17.4.